The smallest absolute Gasteiger partial charge is 0.0972 e. The molecule has 0 amide bonds. The van der Waals surface area contributed by atoms with E-state index in [0.29, 0.717) is 26.4 Å². The van der Waals surface area contributed by atoms with Crippen molar-refractivity contribution in [1.29, 1.82) is 0 Å². The predicted molar refractivity (Wildman–Crippen MR) is 57.2 cm³/mol. The van der Waals surface area contributed by atoms with Crippen LogP contribution in [0.3, 0.4) is 0 Å². The normalized spacial score (nSPS) is 20.9. The van der Waals surface area contributed by atoms with Crippen LogP contribution in [0.2, 0.25) is 0 Å². The van der Waals surface area contributed by atoms with E-state index in [1.54, 1.807) is 6.92 Å². The largest absolute Gasteiger partial charge is 0.748 e. The third-order valence-electron chi connectivity index (χ3n) is 2.36. The zero-order valence-electron chi connectivity index (χ0n) is 9.42. The van der Waals surface area contributed by atoms with Crippen LogP contribution in [0.5, 0.6) is 0 Å². The molecule has 0 aromatic rings. The lowest BCUT2D eigenvalue weighted by molar-refractivity contribution is -0.00183. The Balaban J connectivity index is 2.43. The van der Waals surface area contributed by atoms with Crippen LogP contribution in [0.1, 0.15) is 6.92 Å². The number of hydrogen-bond donors (Lipinski definition) is 0. The van der Waals surface area contributed by atoms with E-state index in [0.717, 1.165) is 13.1 Å². The van der Waals surface area contributed by atoms with Gasteiger partial charge in [0.2, 0.25) is 0 Å². The van der Waals surface area contributed by atoms with Crippen LogP contribution < -0.4 is 0 Å². The van der Waals surface area contributed by atoms with Gasteiger partial charge in [-0.3, -0.25) is 4.90 Å². The standard InChI is InChI=1S/C9H19NO5S/c1-2-15-9(8-16(11,12)13)7-10-3-5-14-6-4-10/h9H,2-8H2,1H3,(H,11,12,13)/p-1. The van der Waals surface area contributed by atoms with E-state index < -0.39 is 22.0 Å². The van der Waals surface area contributed by atoms with E-state index in [-0.39, 0.29) is 0 Å². The fourth-order valence-corrected chi connectivity index (χ4v) is 2.35. The number of nitrogens with zero attached hydrogens (tertiary/aromatic N) is 1. The van der Waals surface area contributed by atoms with Gasteiger partial charge in [-0.15, -0.1) is 0 Å². The third kappa shape index (κ3) is 5.76. The fourth-order valence-electron chi connectivity index (χ4n) is 1.69. The Labute approximate surface area is 96.3 Å². The second kappa shape index (κ2) is 6.51. The molecule has 1 heterocycles. The molecule has 0 N–H and O–H groups in total. The summed E-state index contributed by atoms with van der Waals surface area (Å²) in [4.78, 5) is 2.05. The van der Waals surface area contributed by atoms with Crippen LogP contribution in [-0.4, -0.2) is 69.2 Å². The van der Waals surface area contributed by atoms with Crippen molar-refractivity contribution < 1.29 is 22.4 Å². The molecule has 1 rings (SSSR count). The number of rotatable bonds is 6. The van der Waals surface area contributed by atoms with Crippen LogP contribution in [0.4, 0.5) is 0 Å². The van der Waals surface area contributed by atoms with E-state index in [9.17, 15) is 13.0 Å². The Morgan fingerprint density at radius 3 is 2.56 bits per heavy atom. The first-order valence-corrected chi connectivity index (χ1v) is 6.94. The molecule has 1 unspecified atom stereocenters. The van der Waals surface area contributed by atoms with Gasteiger partial charge in [0.25, 0.3) is 0 Å². The van der Waals surface area contributed by atoms with E-state index in [2.05, 4.69) is 4.90 Å². The molecule has 0 aromatic carbocycles. The zero-order chi connectivity index (χ0) is 12.0. The molecule has 0 spiro atoms. The van der Waals surface area contributed by atoms with Crippen LogP contribution in [-0.2, 0) is 19.6 Å². The lowest BCUT2D eigenvalue weighted by Crippen LogP contribution is -2.43. The summed E-state index contributed by atoms with van der Waals surface area (Å²) in [5.74, 6) is -0.460. The molecule has 0 aromatic heterocycles. The van der Waals surface area contributed by atoms with Crippen LogP contribution >= 0.6 is 0 Å². The Kier molecular flexibility index (Phi) is 5.63. The lowest BCUT2D eigenvalue weighted by atomic mass is 10.3. The Hall–Kier alpha value is -0.210. The molecule has 0 saturated carbocycles. The van der Waals surface area contributed by atoms with Crippen LogP contribution in [0.15, 0.2) is 0 Å². The van der Waals surface area contributed by atoms with E-state index in [1.165, 1.54) is 0 Å². The van der Waals surface area contributed by atoms with Gasteiger partial charge in [0, 0.05) is 26.2 Å². The molecule has 1 saturated heterocycles. The molecule has 16 heavy (non-hydrogen) atoms. The van der Waals surface area contributed by atoms with Gasteiger partial charge in [-0.25, -0.2) is 8.42 Å². The summed E-state index contributed by atoms with van der Waals surface area (Å²) in [6.45, 7) is 5.45. The first-order valence-electron chi connectivity index (χ1n) is 5.36. The summed E-state index contributed by atoms with van der Waals surface area (Å²) >= 11 is 0. The molecular weight excluding hydrogens is 234 g/mol. The summed E-state index contributed by atoms with van der Waals surface area (Å²) in [5.41, 5.74) is 0. The topological polar surface area (TPSA) is 78.9 Å². The average molecular weight is 252 g/mol. The first-order chi connectivity index (χ1) is 7.51. The Morgan fingerprint density at radius 2 is 2.06 bits per heavy atom. The summed E-state index contributed by atoms with van der Waals surface area (Å²) in [5, 5.41) is 0. The molecule has 1 atom stereocenters. The lowest BCUT2D eigenvalue weighted by Gasteiger charge is -2.30. The van der Waals surface area contributed by atoms with Crippen molar-refractivity contribution in [2.24, 2.45) is 0 Å². The average Bonchev–Trinajstić information content (AvgIpc) is 2.17. The maximum absolute atomic E-state index is 10.7. The van der Waals surface area contributed by atoms with Gasteiger partial charge in [-0.2, -0.15) is 0 Å². The predicted octanol–water partition coefficient (Wildman–Crippen LogP) is -0.731. The summed E-state index contributed by atoms with van der Waals surface area (Å²) in [6, 6.07) is 0. The molecule has 1 fully saturated rings. The molecule has 7 heteroatoms. The highest BCUT2D eigenvalue weighted by atomic mass is 32.2. The van der Waals surface area contributed by atoms with Crippen LogP contribution in [0, 0.1) is 0 Å². The molecule has 6 nitrogen and oxygen atoms in total. The number of hydrogen-bond acceptors (Lipinski definition) is 6. The van der Waals surface area contributed by atoms with Gasteiger partial charge in [-0.05, 0) is 6.92 Å². The van der Waals surface area contributed by atoms with Crippen molar-refractivity contribution in [3.63, 3.8) is 0 Å². The van der Waals surface area contributed by atoms with E-state index >= 15 is 0 Å². The maximum atomic E-state index is 10.7. The minimum Gasteiger partial charge on any atom is -0.748 e. The molecule has 1 aliphatic rings. The molecule has 0 aliphatic carbocycles. The fraction of sp³-hybridized carbons (Fsp3) is 1.00. The molecule has 96 valence electrons. The van der Waals surface area contributed by atoms with Gasteiger partial charge < -0.3 is 14.0 Å². The molecule has 0 bridgehead atoms. The van der Waals surface area contributed by atoms with Crippen molar-refractivity contribution in [3.8, 4) is 0 Å². The summed E-state index contributed by atoms with van der Waals surface area (Å²) in [7, 11) is -4.23. The first kappa shape index (κ1) is 13.9. The van der Waals surface area contributed by atoms with Gasteiger partial charge in [-0.1, -0.05) is 0 Å². The van der Waals surface area contributed by atoms with Gasteiger partial charge in [0.1, 0.15) is 0 Å². The van der Waals surface area contributed by atoms with Crippen molar-refractivity contribution in [1.82, 2.24) is 4.90 Å². The highest BCUT2D eigenvalue weighted by Crippen LogP contribution is 2.04. The van der Waals surface area contributed by atoms with Crippen molar-refractivity contribution in [2.75, 3.05) is 45.2 Å². The minimum absolute atomic E-state index is 0.407. The second-order valence-corrected chi connectivity index (χ2v) is 5.16. The maximum Gasteiger partial charge on any atom is 0.0972 e. The molecule has 0 radical (unpaired) electrons. The quantitative estimate of drug-likeness (QED) is 0.580. The van der Waals surface area contributed by atoms with Crippen molar-refractivity contribution in [3.05, 3.63) is 0 Å². The monoisotopic (exact) mass is 252 g/mol. The van der Waals surface area contributed by atoms with Crippen molar-refractivity contribution >= 4 is 10.1 Å². The van der Waals surface area contributed by atoms with Gasteiger partial charge in [0.05, 0.1) is 35.2 Å². The zero-order valence-corrected chi connectivity index (χ0v) is 10.2. The van der Waals surface area contributed by atoms with Gasteiger partial charge in [0.15, 0.2) is 0 Å². The van der Waals surface area contributed by atoms with Gasteiger partial charge >= 0.3 is 0 Å². The highest BCUT2D eigenvalue weighted by Gasteiger charge is 2.18. The van der Waals surface area contributed by atoms with E-state index in [1.807, 2.05) is 0 Å². The Morgan fingerprint density at radius 1 is 1.44 bits per heavy atom. The third-order valence-corrected chi connectivity index (χ3v) is 3.14. The summed E-state index contributed by atoms with van der Waals surface area (Å²) in [6.07, 6.45) is -0.536. The minimum atomic E-state index is -4.23. The highest BCUT2D eigenvalue weighted by molar-refractivity contribution is 7.85. The van der Waals surface area contributed by atoms with Crippen molar-refractivity contribution in [2.45, 2.75) is 13.0 Å². The van der Waals surface area contributed by atoms with Crippen LogP contribution in [0.25, 0.3) is 0 Å². The SMILES string of the molecule is CCOC(CN1CCOCC1)CS(=O)(=O)[O-]. The number of ether oxygens (including phenoxy) is 2. The van der Waals surface area contributed by atoms with E-state index in [4.69, 9.17) is 9.47 Å². The molecule has 1 aliphatic heterocycles. The molecular formula is C9H18NO5S-. The Bertz CT molecular complexity index is 286. The number of morpholine rings is 1. The second-order valence-electron chi connectivity index (χ2n) is 3.71. The summed E-state index contributed by atoms with van der Waals surface area (Å²) < 4.78 is 42.5.